The first-order chi connectivity index (χ1) is 14.0. The van der Waals surface area contributed by atoms with Gasteiger partial charge >= 0.3 is 0 Å². The number of hydrogen-bond donors (Lipinski definition) is 8. The van der Waals surface area contributed by atoms with Gasteiger partial charge in [0.15, 0.2) is 0 Å². The summed E-state index contributed by atoms with van der Waals surface area (Å²) in [7, 11) is 0. The number of hydrogen-bond acceptors (Lipinski definition) is 16. The van der Waals surface area contributed by atoms with E-state index in [-0.39, 0.29) is 12.7 Å². The molecule has 0 fully saturated rings. The van der Waals surface area contributed by atoms with E-state index in [4.69, 9.17) is 0 Å². The lowest BCUT2D eigenvalue weighted by molar-refractivity contribution is 0.706. The van der Waals surface area contributed by atoms with Crippen molar-refractivity contribution < 1.29 is 0 Å². The normalized spacial score (nSPS) is 13.0. The van der Waals surface area contributed by atoms with Crippen molar-refractivity contribution >= 4 is 195 Å². The number of thioether (sulfide) groups is 8. The Labute approximate surface area is 255 Å². The van der Waals surface area contributed by atoms with E-state index in [9.17, 15) is 0 Å². The zero-order chi connectivity index (χ0) is 22.2. The van der Waals surface area contributed by atoms with Crippen molar-refractivity contribution in [3.05, 3.63) is 0 Å². The molecule has 0 nitrogen and oxygen atoms in total. The van der Waals surface area contributed by atoms with Crippen LogP contribution in [0.4, 0.5) is 0 Å². The topological polar surface area (TPSA) is 0 Å². The molecular weight excluding hydrogens is 669 g/mol. The molecule has 0 aliphatic heterocycles. The molecule has 0 saturated carbocycles. The third-order valence-corrected chi connectivity index (χ3v) is 18.3. The fraction of sp³-hybridized carbons (Fsp3) is 1.00. The average Bonchev–Trinajstić information content (AvgIpc) is 2.68. The van der Waals surface area contributed by atoms with Crippen LogP contribution in [0.3, 0.4) is 0 Å². The van der Waals surface area contributed by atoms with Crippen LogP contribution in [0, 0.1) is 0 Å². The highest BCUT2D eigenvalue weighted by atomic mass is 32.3. The lowest BCUT2D eigenvalue weighted by atomic mass is 10.2. The van der Waals surface area contributed by atoms with E-state index in [0.717, 1.165) is 47.1 Å². The Morgan fingerprint density at radius 3 is 1.17 bits per heavy atom. The van der Waals surface area contributed by atoms with Gasteiger partial charge < -0.3 is 0 Å². The summed E-state index contributed by atoms with van der Waals surface area (Å²) in [6.07, 6.45) is 0.984. The molecule has 0 aliphatic carbocycles. The standard InChI is InChI=1S/C13H28S16/c14-2-22-10(23-3-15)1-12(26-6-18,27-7-19)13(28-8-20,29-9-21)11(24-4-16)25-5-17/h10-11,14-21H,1-9H2. The Kier molecular flexibility index (Phi) is 25.8. The van der Waals surface area contributed by atoms with Gasteiger partial charge in [0, 0.05) is 40.7 Å². The molecule has 0 aromatic carbocycles. The Bertz CT molecular complexity index is 360. The molecule has 0 aromatic heterocycles. The van der Waals surface area contributed by atoms with Crippen LogP contribution in [-0.2, 0) is 0 Å². The maximum atomic E-state index is 4.66. The zero-order valence-electron chi connectivity index (χ0n) is 15.4. The Morgan fingerprint density at radius 1 is 0.483 bits per heavy atom. The minimum atomic E-state index is -0.176. The predicted molar refractivity (Wildman–Crippen MR) is 189 cm³/mol. The summed E-state index contributed by atoms with van der Waals surface area (Å²) in [6, 6.07) is 0. The van der Waals surface area contributed by atoms with E-state index in [1.807, 2.05) is 94.1 Å². The van der Waals surface area contributed by atoms with Gasteiger partial charge in [0.05, 0.1) is 13.2 Å². The van der Waals surface area contributed by atoms with Crippen molar-refractivity contribution in [1.82, 2.24) is 0 Å². The largest absolute Gasteiger partial charge is 0.168 e. The summed E-state index contributed by atoms with van der Waals surface area (Å²) in [5.74, 6) is 0. The molecule has 0 heterocycles. The maximum Gasteiger partial charge on any atom is 0.107 e. The van der Waals surface area contributed by atoms with Crippen molar-refractivity contribution in [2.24, 2.45) is 0 Å². The smallest absolute Gasteiger partial charge is 0.107 e. The second kappa shape index (κ2) is 21.7. The van der Waals surface area contributed by atoms with Crippen LogP contribution in [0.1, 0.15) is 6.42 Å². The lowest BCUT2D eigenvalue weighted by Crippen LogP contribution is -2.52. The minimum absolute atomic E-state index is 0.148. The maximum absolute atomic E-state index is 4.66. The monoisotopic (exact) mass is 696 g/mol. The second-order valence-corrected chi connectivity index (χ2v) is 21.3. The number of rotatable bonds is 20. The summed E-state index contributed by atoms with van der Waals surface area (Å²) in [5.41, 5.74) is 0. The highest BCUT2D eigenvalue weighted by molar-refractivity contribution is 8.33. The first kappa shape index (κ1) is 34.6. The molecule has 0 rings (SSSR count). The van der Waals surface area contributed by atoms with E-state index >= 15 is 0 Å². The molecular formula is C13H28S16. The first-order valence-electron chi connectivity index (χ1n) is 7.90. The van der Waals surface area contributed by atoms with Crippen LogP contribution >= 0.6 is 195 Å². The third kappa shape index (κ3) is 11.7. The van der Waals surface area contributed by atoms with Gasteiger partial charge in [-0.2, -0.15) is 101 Å². The highest BCUT2D eigenvalue weighted by Crippen LogP contribution is 2.66. The molecule has 0 N–H and O–H groups in total. The third-order valence-electron chi connectivity index (χ3n) is 3.40. The van der Waals surface area contributed by atoms with Crippen molar-refractivity contribution in [2.75, 3.05) is 40.7 Å². The first-order valence-corrected chi connectivity index (χ1v) is 21.1. The molecule has 29 heavy (non-hydrogen) atoms. The van der Waals surface area contributed by atoms with E-state index in [1.165, 1.54) is 0 Å². The molecule has 0 spiro atoms. The Balaban J connectivity index is 6.53. The summed E-state index contributed by atoms with van der Waals surface area (Å²) in [6.45, 7) is 0. The molecule has 0 atom stereocenters. The Hall–Kier alpha value is 5.60. The van der Waals surface area contributed by atoms with Gasteiger partial charge in [-0.3, -0.25) is 0 Å². The van der Waals surface area contributed by atoms with E-state index in [2.05, 4.69) is 101 Å². The SMILES string of the molecule is SCSC(CC(SCS)(SCS)C(SCS)(SCS)C(SCS)SCS)SCS. The second-order valence-electron chi connectivity index (χ2n) is 4.66. The van der Waals surface area contributed by atoms with Gasteiger partial charge in [0.2, 0.25) is 0 Å². The van der Waals surface area contributed by atoms with Gasteiger partial charge in [0.1, 0.15) is 4.08 Å². The van der Waals surface area contributed by atoms with E-state index < -0.39 is 0 Å². The summed E-state index contributed by atoms with van der Waals surface area (Å²) >= 11 is 51.8. The van der Waals surface area contributed by atoms with Gasteiger partial charge in [0.25, 0.3) is 0 Å². The Morgan fingerprint density at radius 2 is 0.862 bits per heavy atom. The molecule has 0 bridgehead atoms. The van der Waals surface area contributed by atoms with Crippen molar-refractivity contribution in [2.45, 2.75) is 23.7 Å². The molecule has 0 aromatic rings. The predicted octanol–water partition coefficient (Wildman–Crippen LogP) is 8.39. The minimum Gasteiger partial charge on any atom is -0.168 e. The lowest BCUT2D eigenvalue weighted by Gasteiger charge is -2.52. The fourth-order valence-electron chi connectivity index (χ4n) is 2.44. The molecule has 16 heteroatoms. The summed E-state index contributed by atoms with van der Waals surface area (Å²) in [4.78, 5) is 0. The fourth-order valence-corrected chi connectivity index (χ4v) is 21.0. The quantitative estimate of drug-likeness (QED) is 0.0467. The van der Waals surface area contributed by atoms with Gasteiger partial charge in [-0.1, -0.05) is 0 Å². The molecule has 0 radical (unpaired) electrons. The van der Waals surface area contributed by atoms with Crippen LogP contribution in [0.2, 0.25) is 0 Å². The van der Waals surface area contributed by atoms with Crippen LogP contribution in [0.25, 0.3) is 0 Å². The average molecular weight is 697 g/mol. The van der Waals surface area contributed by atoms with Gasteiger partial charge in [-0.25, -0.2) is 0 Å². The molecule has 0 amide bonds. The summed E-state index contributed by atoms with van der Waals surface area (Å²) in [5, 5.41) is 5.98. The van der Waals surface area contributed by atoms with Gasteiger partial charge in [-0.05, 0) is 6.42 Å². The molecule has 0 saturated heterocycles. The summed E-state index contributed by atoms with van der Waals surface area (Å²) < 4.78 is 0.330. The number of thiol groups is 8. The highest BCUT2D eigenvalue weighted by Gasteiger charge is 2.58. The van der Waals surface area contributed by atoms with E-state index in [1.54, 1.807) is 0 Å². The van der Waals surface area contributed by atoms with Gasteiger partial charge in [-0.15, -0.1) is 94.1 Å². The van der Waals surface area contributed by atoms with Crippen LogP contribution in [0.5, 0.6) is 0 Å². The van der Waals surface area contributed by atoms with Crippen molar-refractivity contribution in [3.8, 4) is 0 Å². The van der Waals surface area contributed by atoms with Crippen molar-refractivity contribution in [1.29, 1.82) is 0 Å². The van der Waals surface area contributed by atoms with Crippen LogP contribution in [0.15, 0.2) is 0 Å². The van der Waals surface area contributed by atoms with Crippen LogP contribution in [-0.4, -0.2) is 58.0 Å². The van der Waals surface area contributed by atoms with Crippen molar-refractivity contribution in [3.63, 3.8) is 0 Å². The molecule has 0 unspecified atom stereocenters. The molecule has 0 aliphatic rings. The zero-order valence-corrected chi connectivity index (χ0v) is 29.0. The van der Waals surface area contributed by atoms with Crippen LogP contribution < -0.4 is 0 Å². The molecule has 176 valence electrons. The van der Waals surface area contributed by atoms with E-state index in [0.29, 0.717) is 4.58 Å².